The summed E-state index contributed by atoms with van der Waals surface area (Å²) in [7, 11) is -3.48. The highest BCUT2D eigenvalue weighted by atomic mass is 32.2. The Kier molecular flexibility index (Phi) is 7.35. The molecule has 0 aromatic heterocycles. The molecule has 0 aliphatic carbocycles. The van der Waals surface area contributed by atoms with Crippen LogP contribution in [0.4, 0.5) is 0 Å². The normalized spacial score (nSPS) is 12.0. The Balaban J connectivity index is 2.66. The molecular weight excluding hydrogens is 286 g/mol. The van der Waals surface area contributed by atoms with Crippen molar-refractivity contribution in [3.05, 3.63) is 29.3 Å². The summed E-state index contributed by atoms with van der Waals surface area (Å²) in [6, 6.07) is 4.95. The van der Waals surface area contributed by atoms with E-state index in [0.717, 1.165) is 31.2 Å². The minimum absolute atomic E-state index is 0.138. The Hall–Kier alpha value is -0.910. The number of rotatable bonds is 9. The van der Waals surface area contributed by atoms with Gasteiger partial charge in [-0.3, -0.25) is 0 Å². The molecule has 5 heteroatoms. The molecular formula is C16H27NO3S. The second kappa shape index (κ2) is 8.51. The maximum Gasteiger partial charge on any atom is 0.240 e. The standard InChI is InChI=1S/C16H27NO3S/c1-4-14-8-9-16(11-15(14)12-18)21(19,20)17-10-6-5-7-13(2)3/h8-9,11,13,17-18H,4-7,10,12H2,1-3H3. The zero-order chi connectivity index (χ0) is 15.9. The van der Waals surface area contributed by atoms with Crippen LogP contribution in [-0.4, -0.2) is 20.1 Å². The second-order valence-corrected chi connectivity index (χ2v) is 7.50. The minimum Gasteiger partial charge on any atom is -0.392 e. The van der Waals surface area contributed by atoms with E-state index in [9.17, 15) is 13.5 Å². The molecule has 1 rings (SSSR count). The van der Waals surface area contributed by atoms with Crippen molar-refractivity contribution in [3.63, 3.8) is 0 Å². The number of aryl methyl sites for hydroxylation is 1. The van der Waals surface area contributed by atoms with Gasteiger partial charge in [-0.05, 0) is 42.0 Å². The van der Waals surface area contributed by atoms with Crippen LogP contribution in [0.25, 0.3) is 0 Å². The van der Waals surface area contributed by atoms with Gasteiger partial charge in [0.2, 0.25) is 10.0 Å². The highest BCUT2D eigenvalue weighted by Gasteiger charge is 2.15. The fourth-order valence-electron chi connectivity index (χ4n) is 2.23. The average Bonchev–Trinajstić information content (AvgIpc) is 2.45. The van der Waals surface area contributed by atoms with Crippen molar-refractivity contribution in [2.45, 2.75) is 58.0 Å². The van der Waals surface area contributed by atoms with Crippen LogP contribution in [0.5, 0.6) is 0 Å². The SMILES string of the molecule is CCc1ccc(S(=O)(=O)NCCCCC(C)C)cc1CO. The van der Waals surface area contributed by atoms with Gasteiger partial charge < -0.3 is 5.11 Å². The molecule has 1 aromatic carbocycles. The zero-order valence-electron chi connectivity index (χ0n) is 13.2. The van der Waals surface area contributed by atoms with E-state index in [2.05, 4.69) is 18.6 Å². The van der Waals surface area contributed by atoms with Gasteiger partial charge in [0, 0.05) is 6.54 Å². The van der Waals surface area contributed by atoms with Crippen LogP contribution in [0.1, 0.15) is 51.2 Å². The first-order valence-corrected chi connectivity index (χ1v) is 9.11. The molecule has 0 heterocycles. The third-order valence-electron chi connectivity index (χ3n) is 3.54. The van der Waals surface area contributed by atoms with Gasteiger partial charge in [-0.15, -0.1) is 0 Å². The van der Waals surface area contributed by atoms with Crippen LogP contribution in [0.2, 0.25) is 0 Å². The summed E-state index contributed by atoms with van der Waals surface area (Å²) >= 11 is 0. The number of hydrogen-bond donors (Lipinski definition) is 2. The van der Waals surface area contributed by atoms with E-state index in [1.165, 1.54) is 0 Å². The average molecular weight is 313 g/mol. The van der Waals surface area contributed by atoms with Crippen molar-refractivity contribution < 1.29 is 13.5 Å². The second-order valence-electron chi connectivity index (χ2n) is 5.73. The first kappa shape index (κ1) is 18.1. The van der Waals surface area contributed by atoms with Crippen molar-refractivity contribution in [1.29, 1.82) is 0 Å². The summed E-state index contributed by atoms with van der Waals surface area (Å²) in [6.45, 7) is 6.63. The molecule has 21 heavy (non-hydrogen) atoms. The monoisotopic (exact) mass is 313 g/mol. The first-order chi connectivity index (χ1) is 9.90. The molecule has 0 unspecified atom stereocenters. The van der Waals surface area contributed by atoms with Gasteiger partial charge in [-0.25, -0.2) is 13.1 Å². The maximum atomic E-state index is 12.2. The molecule has 0 spiro atoms. The van der Waals surface area contributed by atoms with Crippen molar-refractivity contribution in [3.8, 4) is 0 Å². The van der Waals surface area contributed by atoms with E-state index in [1.54, 1.807) is 18.2 Å². The molecule has 0 atom stereocenters. The molecule has 0 bridgehead atoms. The lowest BCUT2D eigenvalue weighted by Crippen LogP contribution is -2.25. The molecule has 0 saturated heterocycles. The van der Waals surface area contributed by atoms with Gasteiger partial charge in [0.05, 0.1) is 11.5 Å². The molecule has 0 aliphatic rings. The van der Waals surface area contributed by atoms with Crippen LogP contribution < -0.4 is 4.72 Å². The molecule has 4 nitrogen and oxygen atoms in total. The molecule has 0 fully saturated rings. The number of unbranched alkanes of at least 4 members (excludes halogenated alkanes) is 1. The van der Waals surface area contributed by atoms with Gasteiger partial charge in [-0.2, -0.15) is 0 Å². The van der Waals surface area contributed by atoms with Gasteiger partial charge in [0.1, 0.15) is 0 Å². The van der Waals surface area contributed by atoms with Gasteiger partial charge in [0.25, 0.3) is 0 Å². The smallest absolute Gasteiger partial charge is 0.240 e. The molecule has 0 aliphatic heterocycles. The van der Waals surface area contributed by atoms with E-state index in [4.69, 9.17) is 0 Å². The highest BCUT2D eigenvalue weighted by Crippen LogP contribution is 2.17. The van der Waals surface area contributed by atoms with Gasteiger partial charge in [-0.1, -0.05) is 39.7 Å². The van der Waals surface area contributed by atoms with Gasteiger partial charge >= 0.3 is 0 Å². The predicted molar refractivity (Wildman–Crippen MR) is 85.6 cm³/mol. The lowest BCUT2D eigenvalue weighted by atomic mass is 10.1. The van der Waals surface area contributed by atoms with Crippen LogP contribution in [0.3, 0.4) is 0 Å². The molecule has 120 valence electrons. The number of hydrogen-bond acceptors (Lipinski definition) is 3. The summed E-state index contributed by atoms with van der Waals surface area (Å²) < 4.78 is 27.0. The van der Waals surface area contributed by atoms with Crippen LogP contribution >= 0.6 is 0 Å². The zero-order valence-corrected chi connectivity index (χ0v) is 14.0. The van der Waals surface area contributed by atoms with Crippen molar-refractivity contribution in [2.75, 3.05) is 6.54 Å². The van der Waals surface area contributed by atoms with E-state index in [-0.39, 0.29) is 11.5 Å². The van der Waals surface area contributed by atoms with E-state index in [1.807, 2.05) is 6.92 Å². The van der Waals surface area contributed by atoms with Crippen LogP contribution in [0.15, 0.2) is 23.1 Å². The Morgan fingerprint density at radius 1 is 1.19 bits per heavy atom. The van der Waals surface area contributed by atoms with Crippen molar-refractivity contribution in [1.82, 2.24) is 4.72 Å². The van der Waals surface area contributed by atoms with Crippen molar-refractivity contribution in [2.24, 2.45) is 5.92 Å². The molecule has 0 radical (unpaired) electrons. The predicted octanol–water partition coefficient (Wildman–Crippen LogP) is 2.85. The maximum absolute atomic E-state index is 12.2. The fourth-order valence-corrected chi connectivity index (χ4v) is 3.35. The fraction of sp³-hybridized carbons (Fsp3) is 0.625. The quantitative estimate of drug-likeness (QED) is 0.689. The minimum atomic E-state index is -3.48. The largest absolute Gasteiger partial charge is 0.392 e. The first-order valence-electron chi connectivity index (χ1n) is 7.63. The third kappa shape index (κ3) is 5.77. The Morgan fingerprint density at radius 2 is 1.90 bits per heavy atom. The number of benzene rings is 1. The van der Waals surface area contributed by atoms with E-state index >= 15 is 0 Å². The molecule has 2 N–H and O–H groups in total. The van der Waals surface area contributed by atoms with Crippen LogP contribution in [0, 0.1) is 5.92 Å². The topological polar surface area (TPSA) is 66.4 Å². The lowest BCUT2D eigenvalue weighted by Gasteiger charge is -2.11. The summed E-state index contributed by atoms with van der Waals surface area (Å²) in [6.07, 6.45) is 3.76. The van der Waals surface area contributed by atoms with Crippen LogP contribution in [-0.2, 0) is 23.1 Å². The highest BCUT2D eigenvalue weighted by molar-refractivity contribution is 7.89. The van der Waals surface area contributed by atoms with E-state index < -0.39 is 10.0 Å². The Morgan fingerprint density at radius 3 is 2.48 bits per heavy atom. The summed E-state index contributed by atoms with van der Waals surface area (Å²) in [4.78, 5) is 0.229. The Bertz CT molecular complexity index is 538. The lowest BCUT2D eigenvalue weighted by molar-refractivity contribution is 0.280. The van der Waals surface area contributed by atoms with E-state index in [0.29, 0.717) is 18.0 Å². The number of aliphatic hydroxyl groups is 1. The summed E-state index contributed by atoms with van der Waals surface area (Å²) in [5.74, 6) is 0.648. The third-order valence-corrected chi connectivity index (χ3v) is 5.00. The Labute approximate surface area is 128 Å². The molecule has 0 saturated carbocycles. The molecule has 0 amide bonds. The summed E-state index contributed by atoms with van der Waals surface area (Å²) in [5.41, 5.74) is 1.66. The number of sulfonamides is 1. The van der Waals surface area contributed by atoms with Crippen molar-refractivity contribution >= 4 is 10.0 Å². The number of aliphatic hydroxyl groups excluding tert-OH is 1. The number of nitrogens with one attached hydrogen (secondary N) is 1. The summed E-state index contributed by atoms with van der Waals surface area (Å²) in [5, 5.41) is 9.32. The molecule has 1 aromatic rings. The van der Waals surface area contributed by atoms with Gasteiger partial charge in [0.15, 0.2) is 0 Å².